The zero-order valence-electron chi connectivity index (χ0n) is 15.1. The predicted molar refractivity (Wildman–Crippen MR) is 104 cm³/mol. The van der Waals surface area contributed by atoms with Crippen LogP contribution in [0.3, 0.4) is 0 Å². The summed E-state index contributed by atoms with van der Waals surface area (Å²) >= 11 is 0. The van der Waals surface area contributed by atoms with Gasteiger partial charge in [0.05, 0.1) is 5.56 Å². The minimum Gasteiger partial charge on any atom is -0.374 e. The Morgan fingerprint density at radius 1 is 1.22 bits per heavy atom. The van der Waals surface area contributed by atoms with Gasteiger partial charge < -0.3 is 27.0 Å². The largest absolute Gasteiger partial charge is 0.374 e. The molecule has 0 atom stereocenters. The molecule has 9 heteroatoms. The van der Waals surface area contributed by atoms with E-state index in [1.54, 1.807) is 0 Å². The van der Waals surface area contributed by atoms with Gasteiger partial charge in [0.2, 0.25) is 11.9 Å². The molecule has 0 unspecified atom stereocenters. The highest BCUT2D eigenvalue weighted by molar-refractivity contribution is 5.97. The molecule has 2 amide bonds. The SMILES string of the molecule is CN(CCC(N)=O)c1ccc(Nc2ncc(C(N)=O)c(NC3CC3)n2)cc1. The smallest absolute Gasteiger partial charge is 0.254 e. The first-order valence-electron chi connectivity index (χ1n) is 8.72. The number of nitrogens with zero attached hydrogens (tertiary/aromatic N) is 3. The molecular formula is C18H23N7O2. The molecule has 27 heavy (non-hydrogen) atoms. The normalized spacial score (nSPS) is 13.1. The first kappa shape index (κ1) is 18.4. The predicted octanol–water partition coefficient (Wildman–Crippen LogP) is 1.20. The topological polar surface area (TPSA) is 139 Å². The van der Waals surface area contributed by atoms with Crippen molar-refractivity contribution in [3.8, 4) is 0 Å². The van der Waals surface area contributed by atoms with Gasteiger partial charge in [0.25, 0.3) is 5.91 Å². The molecule has 1 aliphatic carbocycles. The van der Waals surface area contributed by atoms with Crippen molar-refractivity contribution in [1.29, 1.82) is 0 Å². The first-order valence-corrected chi connectivity index (χ1v) is 8.72. The third kappa shape index (κ3) is 5.06. The molecule has 2 aromatic rings. The summed E-state index contributed by atoms with van der Waals surface area (Å²) in [6.07, 6.45) is 3.83. The molecule has 3 rings (SSSR count). The molecule has 0 bridgehead atoms. The molecule has 1 fully saturated rings. The van der Waals surface area contributed by atoms with Crippen molar-refractivity contribution in [2.45, 2.75) is 25.3 Å². The summed E-state index contributed by atoms with van der Waals surface area (Å²) in [6.45, 7) is 0.552. The Hall–Kier alpha value is -3.36. The van der Waals surface area contributed by atoms with E-state index in [9.17, 15) is 9.59 Å². The van der Waals surface area contributed by atoms with Crippen LogP contribution in [0.5, 0.6) is 0 Å². The van der Waals surface area contributed by atoms with E-state index >= 15 is 0 Å². The molecule has 1 heterocycles. The number of carbonyl (C=O) groups is 2. The Morgan fingerprint density at radius 3 is 2.52 bits per heavy atom. The van der Waals surface area contributed by atoms with E-state index in [1.807, 2.05) is 36.2 Å². The maximum Gasteiger partial charge on any atom is 0.254 e. The molecule has 1 aromatic heterocycles. The first-order chi connectivity index (χ1) is 12.9. The Labute approximate surface area is 157 Å². The maximum absolute atomic E-state index is 11.5. The van der Waals surface area contributed by atoms with Crippen LogP contribution >= 0.6 is 0 Å². The van der Waals surface area contributed by atoms with Crippen molar-refractivity contribution < 1.29 is 9.59 Å². The number of primary amides is 2. The van der Waals surface area contributed by atoms with Gasteiger partial charge in [-0.1, -0.05) is 0 Å². The molecule has 1 saturated carbocycles. The van der Waals surface area contributed by atoms with Crippen molar-refractivity contribution in [2.24, 2.45) is 11.5 Å². The molecule has 0 saturated heterocycles. The number of aromatic nitrogens is 2. The van der Waals surface area contributed by atoms with E-state index in [2.05, 4.69) is 20.6 Å². The molecule has 1 aromatic carbocycles. The molecule has 9 nitrogen and oxygen atoms in total. The summed E-state index contributed by atoms with van der Waals surface area (Å²) in [5, 5.41) is 6.32. The third-order valence-corrected chi connectivity index (χ3v) is 4.23. The summed E-state index contributed by atoms with van der Waals surface area (Å²) in [7, 11) is 1.90. The second-order valence-corrected chi connectivity index (χ2v) is 6.55. The zero-order valence-corrected chi connectivity index (χ0v) is 15.1. The van der Waals surface area contributed by atoms with E-state index < -0.39 is 5.91 Å². The fourth-order valence-electron chi connectivity index (χ4n) is 2.49. The van der Waals surface area contributed by atoms with Gasteiger partial charge in [-0.3, -0.25) is 9.59 Å². The average Bonchev–Trinajstić information content (AvgIpc) is 3.44. The highest BCUT2D eigenvalue weighted by Gasteiger charge is 2.24. The standard InChI is InChI=1S/C18H23N7O2/c1-25(9-8-15(19)26)13-6-4-12(5-7-13)23-18-21-10-14(16(20)27)17(24-18)22-11-2-3-11/h4-7,10-11H,2-3,8-9H2,1H3,(H2,19,26)(H2,20,27)(H2,21,22,23,24). The highest BCUT2D eigenvalue weighted by atomic mass is 16.1. The summed E-state index contributed by atoms with van der Waals surface area (Å²) in [5.74, 6) is -0.0661. The molecular weight excluding hydrogens is 346 g/mol. The minimum absolute atomic E-state index is 0.277. The summed E-state index contributed by atoms with van der Waals surface area (Å²) in [5.41, 5.74) is 12.6. The summed E-state index contributed by atoms with van der Waals surface area (Å²) in [4.78, 5) is 32.9. The maximum atomic E-state index is 11.5. The van der Waals surface area contributed by atoms with Gasteiger partial charge in [-0.15, -0.1) is 0 Å². The van der Waals surface area contributed by atoms with E-state index in [1.165, 1.54) is 6.20 Å². The quantitative estimate of drug-likeness (QED) is 0.521. The van der Waals surface area contributed by atoms with Crippen LogP contribution in [0.1, 0.15) is 29.6 Å². The third-order valence-electron chi connectivity index (χ3n) is 4.23. The lowest BCUT2D eigenvalue weighted by Gasteiger charge is -2.18. The van der Waals surface area contributed by atoms with Crippen LogP contribution in [-0.4, -0.2) is 41.4 Å². The number of rotatable bonds is 9. The van der Waals surface area contributed by atoms with E-state index in [4.69, 9.17) is 11.5 Å². The van der Waals surface area contributed by atoms with Gasteiger partial charge >= 0.3 is 0 Å². The van der Waals surface area contributed by atoms with Crippen LogP contribution < -0.4 is 27.0 Å². The average molecular weight is 369 g/mol. The molecule has 0 aliphatic heterocycles. The van der Waals surface area contributed by atoms with Gasteiger partial charge in [0.15, 0.2) is 0 Å². The number of carbonyl (C=O) groups excluding carboxylic acids is 2. The summed E-state index contributed by atoms with van der Waals surface area (Å²) in [6, 6.07) is 7.95. The van der Waals surface area contributed by atoms with Crippen molar-refractivity contribution in [3.05, 3.63) is 36.0 Å². The van der Waals surface area contributed by atoms with E-state index in [0.717, 1.165) is 24.2 Å². The lowest BCUT2D eigenvalue weighted by molar-refractivity contribution is -0.117. The summed E-state index contributed by atoms with van der Waals surface area (Å²) < 4.78 is 0. The number of nitrogens with two attached hydrogens (primary N) is 2. The van der Waals surface area contributed by atoms with E-state index in [0.29, 0.717) is 30.8 Å². The molecule has 142 valence electrons. The second-order valence-electron chi connectivity index (χ2n) is 6.55. The van der Waals surface area contributed by atoms with Crippen LogP contribution in [0.15, 0.2) is 30.5 Å². The van der Waals surface area contributed by atoms with Crippen molar-refractivity contribution >= 4 is 35.0 Å². The molecule has 6 N–H and O–H groups in total. The van der Waals surface area contributed by atoms with Crippen molar-refractivity contribution in [2.75, 3.05) is 29.1 Å². The van der Waals surface area contributed by atoms with Crippen LogP contribution in [-0.2, 0) is 4.79 Å². The fraction of sp³-hybridized carbons (Fsp3) is 0.333. The van der Waals surface area contributed by atoms with E-state index in [-0.39, 0.29) is 11.5 Å². The Bertz CT molecular complexity index is 834. The Morgan fingerprint density at radius 2 is 1.93 bits per heavy atom. The lowest BCUT2D eigenvalue weighted by atomic mass is 10.2. The van der Waals surface area contributed by atoms with Gasteiger partial charge in [-0.25, -0.2) is 4.98 Å². The van der Waals surface area contributed by atoms with Crippen LogP contribution in [0.2, 0.25) is 0 Å². The number of hydrogen-bond donors (Lipinski definition) is 4. The number of hydrogen-bond acceptors (Lipinski definition) is 7. The van der Waals surface area contributed by atoms with Gasteiger partial charge in [0, 0.05) is 43.6 Å². The van der Waals surface area contributed by atoms with Crippen LogP contribution in [0.4, 0.5) is 23.1 Å². The van der Waals surface area contributed by atoms with Crippen molar-refractivity contribution in [1.82, 2.24) is 9.97 Å². The van der Waals surface area contributed by atoms with Gasteiger partial charge in [-0.2, -0.15) is 4.98 Å². The minimum atomic E-state index is -0.562. The molecule has 0 spiro atoms. The zero-order chi connectivity index (χ0) is 19.4. The monoisotopic (exact) mass is 369 g/mol. The molecule has 0 radical (unpaired) electrons. The Kier molecular flexibility index (Phi) is 5.39. The molecule has 1 aliphatic rings. The van der Waals surface area contributed by atoms with Crippen LogP contribution in [0, 0.1) is 0 Å². The van der Waals surface area contributed by atoms with Gasteiger partial charge in [-0.05, 0) is 37.1 Å². The fourth-order valence-corrected chi connectivity index (χ4v) is 2.49. The number of benzene rings is 1. The second kappa shape index (κ2) is 7.90. The number of anilines is 4. The number of nitrogens with one attached hydrogen (secondary N) is 2. The number of amides is 2. The van der Waals surface area contributed by atoms with Gasteiger partial charge in [0.1, 0.15) is 5.82 Å². The lowest BCUT2D eigenvalue weighted by Crippen LogP contribution is -2.24. The highest BCUT2D eigenvalue weighted by Crippen LogP contribution is 2.26. The van der Waals surface area contributed by atoms with Crippen LogP contribution in [0.25, 0.3) is 0 Å². The Balaban J connectivity index is 1.69. The van der Waals surface area contributed by atoms with Crippen molar-refractivity contribution in [3.63, 3.8) is 0 Å².